The molecule has 0 atom stereocenters. The van der Waals surface area contributed by atoms with Crippen molar-refractivity contribution in [3.8, 4) is 5.75 Å². The van der Waals surface area contributed by atoms with Crippen molar-refractivity contribution in [3.63, 3.8) is 0 Å². The van der Waals surface area contributed by atoms with Crippen molar-refractivity contribution < 1.29 is 13.9 Å². The lowest BCUT2D eigenvalue weighted by molar-refractivity contribution is -0.113. The minimum Gasteiger partial charge on any atom is -0.497 e. The van der Waals surface area contributed by atoms with Gasteiger partial charge >= 0.3 is 0 Å². The third-order valence-electron chi connectivity index (χ3n) is 3.69. The number of ether oxygens (including phenoxy) is 1. The standard InChI is InChI=1S/C18H14FN5O2S3/c1-26-10-6-7-13-14(8-10)28-16(21-13)22-15(25)9-27-18-24-23-17(29-18)20-12-5-3-2-4-11(12)19/h2-8H,9H2,1H3,(H,20,23)(H,21,22,25). The molecule has 0 fully saturated rings. The quantitative estimate of drug-likeness (QED) is 0.395. The molecular formula is C18H14FN5O2S3. The molecule has 2 N–H and O–H groups in total. The van der Waals surface area contributed by atoms with Crippen LogP contribution in [0.1, 0.15) is 0 Å². The summed E-state index contributed by atoms with van der Waals surface area (Å²) in [6.07, 6.45) is 0. The van der Waals surface area contributed by atoms with Gasteiger partial charge in [-0.25, -0.2) is 9.37 Å². The van der Waals surface area contributed by atoms with E-state index in [-0.39, 0.29) is 17.5 Å². The Labute approximate surface area is 177 Å². The number of aromatic nitrogens is 3. The van der Waals surface area contributed by atoms with Crippen LogP contribution in [0, 0.1) is 5.82 Å². The lowest BCUT2D eigenvalue weighted by atomic mass is 10.3. The van der Waals surface area contributed by atoms with E-state index in [4.69, 9.17) is 4.74 Å². The van der Waals surface area contributed by atoms with Crippen molar-refractivity contribution in [2.24, 2.45) is 0 Å². The molecule has 0 saturated carbocycles. The minimum absolute atomic E-state index is 0.160. The molecule has 4 aromatic rings. The number of benzene rings is 2. The Bertz CT molecular complexity index is 1160. The highest BCUT2D eigenvalue weighted by atomic mass is 32.2. The van der Waals surface area contributed by atoms with Crippen LogP contribution in [0.4, 0.5) is 20.3 Å². The number of nitrogens with one attached hydrogen (secondary N) is 2. The first kappa shape index (κ1) is 19.6. The zero-order chi connectivity index (χ0) is 20.2. The lowest BCUT2D eigenvalue weighted by Gasteiger charge is -2.01. The highest BCUT2D eigenvalue weighted by Crippen LogP contribution is 2.30. The number of rotatable bonds is 7. The van der Waals surface area contributed by atoms with Crippen molar-refractivity contribution >= 4 is 66.5 Å². The summed E-state index contributed by atoms with van der Waals surface area (Å²) in [4.78, 5) is 16.6. The maximum atomic E-state index is 13.7. The molecule has 0 saturated heterocycles. The van der Waals surface area contributed by atoms with Gasteiger partial charge in [0.25, 0.3) is 0 Å². The number of anilines is 3. The first-order valence-corrected chi connectivity index (χ1v) is 10.9. The summed E-state index contributed by atoms with van der Waals surface area (Å²) in [7, 11) is 1.60. The van der Waals surface area contributed by atoms with E-state index in [1.165, 1.54) is 40.5 Å². The van der Waals surface area contributed by atoms with Gasteiger partial charge in [-0.15, -0.1) is 10.2 Å². The fourth-order valence-electron chi connectivity index (χ4n) is 2.36. The van der Waals surface area contributed by atoms with Gasteiger partial charge in [0, 0.05) is 0 Å². The molecule has 148 valence electrons. The monoisotopic (exact) mass is 447 g/mol. The number of hydrogen-bond acceptors (Lipinski definition) is 9. The summed E-state index contributed by atoms with van der Waals surface area (Å²) in [5.41, 5.74) is 1.12. The minimum atomic E-state index is -0.371. The molecule has 0 spiro atoms. The number of hydrogen-bond donors (Lipinski definition) is 2. The van der Waals surface area contributed by atoms with E-state index in [1.807, 2.05) is 18.2 Å². The predicted molar refractivity (Wildman–Crippen MR) is 115 cm³/mol. The summed E-state index contributed by atoms with van der Waals surface area (Å²) in [6, 6.07) is 11.9. The number of thiazole rings is 1. The fraction of sp³-hybridized carbons (Fsp3) is 0.111. The Kier molecular flexibility index (Phi) is 5.88. The van der Waals surface area contributed by atoms with Crippen LogP contribution >= 0.6 is 34.4 Å². The summed E-state index contributed by atoms with van der Waals surface area (Å²) >= 11 is 3.88. The Morgan fingerprint density at radius 3 is 2.86 bits per heavy atom. The van der Waals surface area contributed by atoms with E-state index < -0.39 is 0 Å². The van der Waals surface area contributed by atoms with Crippen LogP contribution in [-0.2, 0) is 4.79 Å². The van der Waals surface area contributed by atoms with Gasteiger partial charge in [-0.2, -0.15) is 0 Å². The summed E-state index contributed by atoms with van der Waals surface area (Å²) < 4.78 is 20.4. The highest BCUT2D eigenvalue weighted by Gasteiger charge is 2.12. The summed E-state index contributed by atoms with van der Waals surface area (Å²) in [5, 5.41) is 14.6. The topological polar surface area (TPSA) is 89.0 Å². The molecule has 11 heteroatoms. The second-order valence-electron chi connectivity index (χ2n) is 5.67. The van der Waals surface area contributed by atoms with Crippen molar-refractivity contribution in [2.45, 2.75) is 4.34 Å². The van der Waals surface area contributed by atoms with Crippen LogP contribution in [0.25, 0.3) is 10.2 Å². The van der Waals surface area contributed by atoms with Crippen LogP contribution < -0.4 is 15.4 Å². The molecule has 0 aliphatic carbocycles. The van der Waals surface area contributed by atoms with E-state index in [9.17, 15) is 9.18 Å². The van der Waals surface area contributed by atoms with Crippen LogP contribution in [-0.4, -0.2) is 34.0 Å². The second kappa shape index (κ2) is 8.72. The van der Waals surface area contributed by atoms with E-state index >= 15 is 0 Å². The number of para-hydroxylation sites is 1. The molecule has 0 radical (unpaired) electrons. The number of amides is 1. The first-order valence-electron chi connectivity index (χ1n) is 8.33. The van der Waals surface area contributed by atoms with Crippen molar-refractivity contribution in [2.75, 3.05) is 23.5 Å². The zero-order valence-electron chi connectivity index (χ0n) is 15.0. The first-order chi connectivity index (χ1) is 14.1. The number of fused-ring (bicyclic) bond motifs is 1. The van der Waals surface area contributed by atoms with Crippen LogP contribution in [0.15, 0.2) is 46.8 Å². The normalized spacial score (nSPS) is 10.8. The van der Waals surface area contributed by atoms with E-state index in [0.717, 1.165) is 16.0 Å². The largest absolute Gasteiger partial charge is 0.497 e. The predicted octanol–water partition coefficient (Wildman–Crippen LogP) is 4.77. The lowest BCUT2D eigenvalue weighted by Crippen LogP contribution is -2.13. The van der Waals surface area contributed by atoms with Crippen LogP contribution in [0.3, 0.4) is 0 Å². The van der Waals surface area contributed by atoms with Gasteiger partial charge in [0.1, 0.15) is 11.6 Å². The smallest absolute Gasteiger partial charge is 0.236 e. The maximum absolute atomic E-state index is 13.7. The molecule has 0 unspecified atom stereocenters. The molecule has 1 amide bonds. The number of halogens is 1. The Balaban J connectivity index is 1.33. The molecule has 2 aromatic carbocycles. The summed E-state index contributed by atoms with van der Waals surface area (Å²) in [6.45, 7) is 0. The van der Waals surface area contributed by atoms with Crippen molar-refractivity contribution in [1.82, 2.24) is 15.2 Å². The Hall–Kier alpha value is -2.76. The molecule has 2 heterocycles. The average molecular weight is 448 g/mol. The molecule has 0 aliphatic rings. The van der Waals surface area contributed by atoms with Gasteiger partial charge < -0.3 is 15.4 Å². The average Bonchev–Trinajstić information content (AvgIpc) is 3.33. The van der Waals surface area contributed by atoms with Crippen LogP contribution in [0.2, 0.25) is 0 Å². The van der Waals surface area contributed by atoms with E-state index in [2.05, 4.69) is 25.8 Å². The van der Waals surface area contributed by atoms with Crippen molar-refractivity contribution in [3.05, 3.63) is 48.3 Å². The third-order valence-corrected chi connectivity index (χ3v) is 6.60. The molecule has 4 rings (SSSR count). The number of carbonyl (C=O) groups excluding carboxylic acids is 1. The Morgan fingerprint density at radius 2 is 2.03 bits per heavy atom. The number of nitrogens with zero attached hydrogens (tertiary/aromatic N) is 3. The highest BCUT2D eigenvalue weighted by molar-refractivity contribution is 8.01. The number of carbonyl (C=O) groups is 1. The molecule has 7 nitrogen and oxygen atoms in total. The van der Waals surface area contributed by atoms with Gasteiger partial charge in [0.15, 0.2) is 9.47 Å². The van der Waals surface area contributed by atoms with E-state index in [1.54, 1.807) is 25.3 Å². The molecule has 29 heavy (non-hydrogen) atoms. The van der Waals surface area contributed by atoms with Gasteiger partial charge in [-0.05, 0) is 30.3 Å². The SMILES string of the molecule is COc1ccc2nc(NC(=O)CSc3nnc(Nc4ccccc4F)s3)sc2c1. The molecular weight excluding hydrogens is 433 g/mol. The molecule has 0 bridgehead atoms. The van der Waals surface area contributed by atoms with Gasteiger partial charge in [0.05, 0.1) is 28.8 Å². The summed E-state index contributed by atoms with van der Waals surface area (Å²) in [5.74, 6) is 0.336. The number of thioether (sulfide) groups is 1. The van der Waals surface area contributed by atoms with Gasteiger partial charge in [-0.1, -0.05) is 46.6 Å². The fourth-order valence-corrected chi connectivity index (χ4v) is 4.84. The second-order valence-corrected chi connectivity index (χ2v) is 8.90. The third kappa shape index (κ3) is 4.81. The van der Waals surface area contributed by atoms with Crippen molar-refractivity contribution in [1.29, 1.82) is 0 Å². The molecule has 2 aromatic heterocycles. The maximum Gasteiger partial charge on any atom is 0.236 e. The molecule has 0 aliphatic heterocycles. The number of methoxy groups -OCH3 is 1. The van der Waals surface area contributed by atoms with Gasteiger partial charge in [0.2, 0.25) is 11.0 Å². The zero-order valence-corrected chi connectivity index (χ0v) is 17.5. The Morgan fingerprint density at radius 1 is 1.17 bits per heavy atom. The van der Waals surface area contributed by atoms with Gasteiger partial charge in [-0.3, -0.25) is 4.79 Å². The van der Waals surface area contributed by atoms with E-state index in [0.29, 0.717) is 20.3 Å². The van der Waals surface area contributed by atoms with Crippen LogP contribution in [0.5, 0.6) is 5.75 Å².